The molecule has 2 rings (SSSR count). The standard InChI is InChI=1S/C16H17Cl2NO4S/c1-19(10-11-4-5-12(17)8-14(11)18)24(20,21)13-6-7-15(22-2)16(9-13)23-3/h4-9H,10H2,1-3H3. The first-order valence-electron chi connectivity index (χ1n) is 6.92. The summed E-state index contributed by atoms with van der Waals surface area (Å²) in [6.07, 6.45) is 0. The molecule has 0 aliphatic rings. The minimum atomic E-state index is -3.72. The van der Waals surface area contributed by atoms with Crippen molar-refractivity contribution in [3.05, 3.63) is 52.0 Å². The van der Waals surface area contributed by atoms with Crippen molar-refractivity contribution in [3.63, 3.8) is 0 Å². The second-order valence-corrected chi connectivity index (χ2v) is 7.90. The highest BCUT2D eigenvalue weighted by atomic mass is 35.5. The maximum Gasteiger partial charge on any atom is 0.243 e. The van der Waals surface area contributed by atoms with Gasteiger partial charge in [0.1, 0.15) is 0 Å². The quantitative estimate of drug-likeness (QED) is 0.752. The van der Waals surface area contributed by atoms with Gasteiger partial charge in [-0.1, -0.05) is 29.3 Å². The van der Waals surface area contributed by atoms with E-state index in [0.717, 1.165) is 0 Å². The Kier molecular flexibility index (Phi) is 5.98. The molecular weight excluding hydrogens is 373 g/mol. The molecule has 0 radical (unpaired) electrons. The Morgan fingerprint density at radius 1 is 1.00 bits per heavy atom. The zero-order valence-corrected chi connectivity index (χ0v) is 15.7. The van der Waals surface area contributed by atoms with Crippen molar-refractivity contribution in [1.29, 1.82) is 0 Å². The summed E-state index contributed by atoms with van der Waals surface area (Å²) < 4.78 is 37.0. The minimum Gasteiger partial charge on any atom is -0.493 e. The summed E-state index contributed by atoms with van der Waals surface area (Å²) in [4.78, 5) is 0.104. The molecule has 0 aliphatic heterocycles. The molecule has 2 aromatic carbocycles. The molecule has 0 saturated carbocycles. The van der Waals surface area contributed by atoms with Gasteiger partial charge < -0.3 is 9.47 Å². The second kappa shape index (κ2) is 7.61. The fraction of sp³-hybridized carbons (Fsp3) is 0.250. The first-order valence-corrected chi connectivity index (χ1v) is 9.11. The van der Waals surface area contributed by atoms with Gasteiger partial charge in [-0.2, -0.15) is 4.31 Å². The predicted octanol–water partition coefficient (Wildman–Crippen LogP) is 3.83. The molecule has 0 fully saturated rings. The van der Waals surface area contributed by atoms with Gasteiger partial charge in [-0.05, 0) is 29.8 Å². The average Bonchev–Trinajstić information content (AvgIpc) is 2.56. The zero-order valence-electron chi connectivity index (χ0n) is 13.4. The highest BCUT2D eigenvalue weighted by Crippen LogP contribution is 2.31. The first-order chi connectivity index (χ1) is 11.3. The molecule has 0 saturated heterocycles. The van der Waals surface area contributed by atoms with Gasteiger partial charge in [0, 0.05) is 29.7 Å². The summed E-state index contributed by atoms with van der Waals surface area (Å²) in [5.41, 5.74) is 0.660. The number of rotatable bonds is 6. The van der Waals surface area contributed by atoms with Gasteiger partial charge in [0.25, 0.3) is 0 Å². The largest absolute Gasteiger partial charge is 0.493 e. The van der Waals surface area contributed by atoms with Gasteiger partial charge in [0.05, 0.1) is 19.1 Å². The number of hydrogen-bond donors (Lipinski definition) is 0. The minimum absolute atomic E-state index is 0.104. The summed E-state index contributed by atoms with van der Waals surface area (Å²) in [7, 11) is 0.704. The summed E-state index contributed by atoms with van der Waals surface area (Å²) in [5.74, 6) is 0.802. The summed E-state index contributed by atoms with van der Waals surface area (Å²) in [5, 5.41) is 0.908. The van der Waals surface area contributed by atoms with Crippen LogP contribution in [0.1, 0.15) is 5.56 Å². The van der Waals surface area contributed by atoms with Crippen molar-refractivity contribution in [2.45, 2.75) is 11.4 Å². The molecule has 0 spiro atoms. The number of halogens is 2. The van der Waals surface area contributed by atoms with E-state index >= 15 is 0 Å². The second-order valence-electron chi connectivity index (χ2n) is 5.01. The topological polar surface area (TPSA) is 55.8 Å². The lowest BCUT2D eigenvalue weighted by molar-refractivity contribution is 0.353. The van der Waals surface area contributed by atoms with Crippen LogP contribution >= 0.6 is 23.2 Å². The third-order valence-electron chi connectivity index (χ3n) is 3.47. The Morgan fingerprint density at radius 2 is 1.67 bits per heavy atom. The Morgan fingerprint density at radius 3 is 2.25 bits per heavy atom. The first kappa shape index (κ1) is 18.9. The molecule has 130 valence electrons. The van der Waals surface area contributed by atoms with E-state index in [4.69, 9.17) is 32.7 Å². The molecule has 0 aromatic heterocycles. The van der Waals surface area contributed by atoms with E-state index in [1.165, 1.54) is 37.7 Å². The van der Waals surface area contributed by atoms with Gasteiger partial charge in [-0.15, -0.1) is 0 Å². The van der Waals surface area contributed by atoms with Crippen LogP contribution in [-0.2, 0) is 16.6 Å². The van der Waals surface area contributed by atoms with Crippen LogP contribution in [0.5, 0.6) is 11.5 Å². The van der Waals surface area contributed by atoms with Crippen molar-refractivity contribution in [1.82, 2.24) is 4.31 Å². The number of ether oxygens (including phenoxy) is 2. The third-order valence-corrected chi connectivity index (χ3v) is 5.86. The lowest BCUT2D eigenvalue weighted by Crippen LogP contribution is -2.26. The molecular formula is C16H17Cl2NO4S. The van der Waals surface area contributed by atoms with E-state index < -0.39 is 10.0 Å². The van der Waals surface area contributed by atoms with Gasteiger partial charge in [-0.3, -0.25) is 0 Å². The van der Waals surface area contributed by atoms with Crippen LogP contribution in [0, 0.1) is 0 Å². The van der Waals surface area contributed by atoms with Gasteiger partial charge in [-0.25, -0.2) is 8.42 Å². The van der Waals surface area contributed by atoms with Crippen molar-refractivity contribution in [2.75, 3.05) is 21.3 Å². The van der Waals surface area contributed by atoms with E-state index in [9.17, 15) is 8.42 Å². The SMILES string of the molecule is COc1ccc(S(=O)(=O)N(C)Cc2ccc(Cl)cc2Cl)cc1OC. The lowest BCUT2D eigenvalue weighted by Gasteiger charge is -2.19. The Labute approximate surface area is 151 Å². The highest BCUT2D eigenvalue weighted by Gasteiger charge is 2.23. The van der Waals surface area contributed by atoms with Crippen LogP contribution in [0.2, 0.25) is 10.0 Å². The van der Waals surface area contributed by atoms with Crippen LogP contribution in [0.25, 0.3) is 0 Å². The smallest absolute Gasteiger partial charge is 0.243 e. The normalized spacial score (nSPS) is 11.6. The number of nitrogens with zero attached hydrogens (tertiary/aromatic N) is 1. The molecule has 24 heavy (non-hydrogen) atoms. The fourth-order valence-corrected chi connectivity index (χ4v) is 3.76. The Bertz CT molecular complexity index is 840. The van der Waals surface area contributed by atoms with Crippen molar-refractivity contribution >= 4 is 33.2 Å². The monoisotopic (exact) mass is 389 g/mol. The molecule has 2 aromatic rings. The van der Waals surface area contributed by atoms with Crippen LogP contribution in [0.4, 0.5) is 0 Å². The molecule has 5 nitrogen and oxygen atoms in total. The summed E-state index contributed by atoms with van der Waals surface area (Å²) >= 11 is 12.0. The summed E-state index contributed by atoms with van der Waals surface area (Å²) in [6, 6.07) is 9.39. The molecule has 0 heterocycles. The van der Waals surface area contributed by atoms with Crippen LogP contribution < -0.4 is 9.47 Å². The van der Waals surface area contributed by atoms with Crippen LogP contribution in [-0.4, -0.2) is 34.0 Å². The van der Waals surface area contributed by atoms with E-state index in [2.05, 4.69) is 0 Å². The van der Waals surface area contributed by atoms with Crippen molar-refractivity contribution in [2.24, 2.45) is 0 Å². The molecule has 0 N–H and O–H groups in total. The number of methoxy groups -OCH3 is 2. The summed E-state index contributed by atoms with van der Waals surface area (Å²) in [6.45, 7) is 0.118. The Balaban J connectivity index is 2.32. The molecule has 0 amide bonds. The van der Waals surface area contributed by atoms with Gasteiger partial charge in [0.2, 0.25) is 10.0 Å². The third kappa shape index (κ3) is 3.95. The maximum absolute atomic E-state index is 12.7. The number of sulfonamides is 1. The van der Waals surface area contributed by atoms with Crippen molar-refractivity contribution < 1.29 is 17.9 Å². The maximum atomic E-state index is 12.7. The number of benzene rings is 2. The molecule has 0 aliphatic carbocycles. The number of hydrogen-bond acceptors (Lipinski definition) is 4. The van der Waals surface area contributed by atoms with E-state index in [1.54, 1.807) is 24.3 Å². The van der Waals surface area contributed by atoms with Crippen LogP contribution in [0.3, 0.4) is 0 Å². The van der Waals surface area contributed by atoms with Crippen LogP contribution in [0.15, 0.2) is 41.3 Å². The fourth-order valence-electron chi connectivity index (χ4n) is 2.13. The Hall–Kier alpha value is -1.47. The van der Waals surface area contributed by atoms with Gasteiger partial charge >= 0.3 is 0 Å². The van der Waals surface area contributed by atoms with E-state index in [0.29, 0.717) is 27.1 Å². The van der Waals surface area contributed by atoms with E-state index in [1.807, 2.05) is 0 Å². The predicted molar refractivity (Wildman–Crippen MR) is 94.7 cm³/mol. The zero-order chi connectivity index (χ0) is 17.9. The highest BCUT2D eigenvalue weighted by molar-refractivity contribution is 7.89. The molecule has 0 bridgehead atoms. The molecule has 0 atom stereocenters. The van der Waals surface area contributed by atoms with E-state index in [-0.39, 0.29) is 11.4 Å². The molecule has 0 unspecified atom stereocenters. The lowest BCUT2D eigenvalue weighted by atomic mass is 10.2. The molecule has 8 heteroatoms. The van der Waals surface area contributed by atoms with Crippen molar-refractivity contribution in [3.8, 4) is 11.5 Å². The average molecular weight is 390 g/mol. The van der Waals surface area contributed by atoms with Gasteiger partial charge in [0.15, 0.2) is 11.5 Å².